The van der Waals surface area contributed by atoms with Crippen LogP contribution in [0.3, 0.4) is 0 Å². The van der Waals surface area contributed by atoms with Gasteiger partial charge in [0.25, 0.3) is 0 Å². The monoisotopic (exact) mass is 312 g/mol. The number of aromatic amines is 1. The molecule has 0 unspecified atom stereocenters. The van der Waals surface area contributed by atoms with Gasteiger partial charge in [0.05, 0.1) is 5.69 Å². The Morgan fingerprint density at radius 3 is 2.83 bits per heavy atom. The fraction of sp³-hybridized carbons (Fsp3) is 0.375. The lowest BCUT2D eigenvalue weighted by atomic mass is 10.1. The van der Waals surface area contributed by atoms with E-state index in [4.69, 9.17) is 4.42 Å². The summed E-state index contributed by atoms with van der Waals surface area (Å²) in [6.45, 7) is 5.68. The average Bonchev–Trinajstić information content (AvgIpc) is 3.18. The molecule has 0 fully saturated rings. The minimum atomic E-state index is 0.306. The molecular formula is C16H20N6O. The van der Waals surface area contributed by atoms with E-state index >= 15 is 0 Å². The van der Waals surface area contributed by atoms with Crippen LogP contribution in [0.5, 0.6) is 0 Å². The number of nitrogens with zero attached hydrogens (tertiary/aromatic N) is 5. The third kappa shape index (κ3) is 3.81. The number of tetrazole rings is 1. The van der Waals surface area contributed by atoms with E-state index in [-0.39, 0.29) is 0 Å². The molecule has 0 bridgehead atoms. The number of H-pyrrole nitrogens is 1. The van der Waals surface area contributed by atoms with E-state index in [1.807, 2.05) is 12.1 Å². The Hall–Kier alpha value is -2.54. The van der Waals surface area contributed by atoms with E-state index in [1.54, 1.807) is 6.26 Å². The molecule has 7 nitrogen and oxygen atoms in total. The minimum Gasteiger partial charge on any atom is -0.448 e. The van der Waals surface area contributed by atoms with Crippen LogP contribution < -0.4 is 0 Å². The zero-order valence-corrected chi connectivity index (χ0v) is 13.5. The van der Waals surface area contributed by atoms with Crippen molar-refractivity contribution in [3.05, 3.63) is 47.7 Å². The molecule has 0 saturated carbocycles. The van der Waals surface area contributed by atoms with Gasteiger partial charge in [0.1, 0.15) is 6.26 Å². The van der Waals surface area contributed by atoms with Crippen LogP contribution in [0.25, 0.3) is 11.4 Å². The van der Waals surface area contributed by atoms with Crippen molar-refractivity contribution in [3.63, 3.8) is 0 Å². The summed E-state index contributed by atoms with van der Waals surface area (Å²) in [6, 6.07) is 8.13. The molecule has 23 heavy (non-hydrogen) atoms. The summed E-state index contributed by atoms with van der Waals surface area (Å²) in [4.78, 5) is 6.70. The molecule has 7 heteroatoms. The Labute approximate surface area is 134 Å². The largest absolute Gasteiger partial charge is 0.448 e. The van der Waals surface area contributed by atoms with Crippen LogP contribution in [0.2, 0.25) is 0 Å². The Bertz CT molecular complexity index is 750. The van der Waals surface area contributed by atoms with Crippen molar-refractivity contribution in [1.29, 1.82) is 0 Å². The molecule has 0 aliphatic rings. The second-order valence-electron chi connectivity index (χ2n) is 5.94. The highest BCUT2D eigenvalue weighted by atomic mass is 16.3. The van der Waals surface area contributed by atoms with Gasteiger partial charge in [-0.25, -0.2) is 4.98 Å². The third-order valence-electron chi connectivity index (χ3n) is 3.48. The van der Waals surface area contributed by atoms with Crippen molar-refractivity contribution < 1.29 is 4.42 Å². The molecule has 0 radical (unpaired) electrons. The highest BCUT2D eigenvalue weighted by Crippen LogP contribution is 2.17. The first-order valence-electron chi connectivity index (χ1n) is 7.57. The topological polar surface area (TPSA) is 83.7 Å². The molecule has 0 aliphatic heterocycles. The molecule has 0 aliphatic carbocycles. The van der Waals surface area contributed by atoms with Crippen molar-refractivity contribution in [1.82, 2.24) is 30.5 Å². The van der Waals surface area contributed by atoms with E-state index in [1.165, 1.54) is 5.56 Å². The SMILES string of the molecule is CC(C)c1nc(CN(C)Cc2cccc(-c3nn[nH]n3)c2)co1. The lowest BCUT2D eigenvalue weighted by Gasteiger charge is -2.15. The van der Waals surface area contributed by atoms with Gasteiger partial charge < -0.3 is 4.42 Å². The first-order valence-corrected chi connectivity index (χ1v) is 7.57. The zero-order chi connectivity index (χ0) is 16.2. The highest BCUT2D eigenvalue weighted by Gasteiger charge is 2.10. The van der Waals surface area contributed by atoms with Crippen molar-refractivity contribution in [2.75, 3.05) is 7.05 Å². The van der Waals surface area contributed by atoms with Crippen molar-refractivity contribution >= 4 is 0 Å². The lowest BCUT2D eigenvalue weighted by molar-refractivity contribution is 0.315. The van der Waals surface area contributed by atoms with Crippen LogP contribution in [0.1, 0.15) is 36.9 Å². The second-order valence-corrected chi connectivity index (χ2v) is 5.94. The van der Waals surface area contributed by atoms with Crippen LogP contribution in [0, 0.1) is 0 Å². The first-order chi connectivity index (χ1) is 11.1. The van der Waals surface area contributed by atoms with Crippen LogP contribution in [-0.2, 0) is 13.1 Å². The van der Waals surface area contributed by atoms with Gasteiger partial charge in [-0.3, -0.25) is 4.90 Å². The molecule has 3 aromatic rings. The van der Waals surface area contributed by atoms with E-state index in [9.17, 15) is 0 Å². The normalized spacial score (nSPS) is 11.5. The molecule has 0 atom stereocenters. The number of aromatic nitrogens is 5. The molecule has 120 valence electrons. The van der Waals surface area contributed by atoms with Gasteiger partial charge in [-0.05, 0) is 23.9 Å². The molecule has 3 rings (SSSR count). The van der Waals surface area contributed by atoms with E-state index < -0.39 is 0 Å². The Morgan fingerprint density at radius 1 is 1.26 bits per heavy atom. The molecule has 2 heterocycles. The summed E-state index contributed by atoms with van der Waals surface area (Å²) >= 11 is 0. The van der Waals surface area contributed by atoms with E-state index in [2.05, 4.69) is 63.5 Å². The van der Waals surface area contributed by atoms with Gasteiger partial charge in [-0.2, -0.15) is 5.21 Å². The van der Waals surface area contributed by atoms with Gasteiger partial charge in [0, 0.05) is 24.6 Å². The minimum absolute atomic E-state index is 0.306. The second kappa shape index (κ2) is 6.70. The van der Waals surface area contributed by atoms with Crippen LogP contribution in [0.4, 0.5) is 0 Å². The smallest absolute Gasteiger partial charge is 0.204 e. The number of benzene rings is 1. The average molecular weight is 312 g/mol. The highest BCUT2D eigenvalue weighted by molar-refractivity contribution is 5.54. The molecule has 1 aromatic carbocycles. The fourth-order valence-corrected chi connectivity index (χ4v) is 2.40. The molecule has 0 saturated heterocycles. The number of hydrogen-bond acceptors (Lipinski definition) is 6. The molecular weight excluding hydrogens is 292 g/mol. The zero-order valence-electron chi connectivity index (χ0n) is 13.5. The maximum atomic E-state index is 5.48. The Morgan fingerprint density at radius 2 is 2.13 bits per heavy atom. The molecule has 0 spiro atoms. The maximum Gasteiger partial charge on any atom is 0.204 e. The summed E-state index contributed by atoms with van der Waals surface area (Å²) < 4.78 is 5.48. The van der Waals surface area contributed by atoms with Crippen molar-refractivity contribution in [3.8, 4) is 11.4 Å². The van der Waals surface area contributed by atoms with Crippen LogP contribution in [-0.4, -0.2) is 37.6 Å². The quantitative estimate of drug-likeness (QED) is 0.753. The number of hydrogen-bond donors (Lipinski definition) is 1. The summed E-state index contributed by atoms with van der Waals surface area (Å²) in [6.07, 6.45) is 1.74. The Balaban J connectivity index is 1.65. The summed E-state index contributed by atoms with van der Waals surface area (Å²) in [5.41, 5.74) is 3.08. The Kier molecular flexibility index (Phi) is 4.47. The first kappa shape index (κ1) is 15.4. The lowest BCUT2D eigenvalue weighted by Crippen LogP contribution is -2.17. The summed E-state index contributed by atoms with van der Waals surface area (Å²) in [5, 5.41) is 14.1. The summed E-state index contributed by atoms with van der Waals surface area (Å²) in [5.74, 6) is 1.70. The van der Waals surface area contributed by atoms with Crippen LogP contribution >= 0.6 is 0 Å². The van der Waals surface area contributed by atoms with Crippen molar-refractivity contribution in [2.24, 2.45) is 0 Å². The van der Waals surface area contributed by atoms with Gasteiger partial charge in [0.2, 0.25) is 5.82 Å². The maximum absolute atomic E-state index is 5.48. The number of rotatable bonds is 6. The third-order valence-corrected chi connectivity index (χ3v) is 3.48. The summed E-state index contributed by atoms with van der Waals surface area (Å²) in [7, 11) is 2.06. The number of oxazole rings is 1. The van der Waals surface area contributed by atoms with Gasteiger partial charge in [-0.1, -0.05) is 32.0 Å². The fourth-order valence-electron chi connectivity index (χ4n) is 2.40. The predicted octanol–water partition coefficient (Wildman–Crippen LogP) is 2.61. The van der Waals surface area contributed by atoms with Crippen molar-refractivity contribution in [2.45, 2.75) is 32.9 Å². The van der Waals surface area contributed by atoms with E-state index in [0.717, 1.165) is 30.2 Å². The predicted molar refractivity (Wildman–Crippen MR) is 85.4 cm³/mol. The standard InChI is InChI=1S/C16H20N6O/c1-11(2)16-17-14(10-23-16)9-22(3)8-12-5-4-6-13(7-12)15-18-20-21-19-15/h4-7,10-11H,8-9H2,1-3H3,(H,18,19,20,21). The van der Waals surface area contributed by atoms with Gasteiger partial charge >= 0.3 is 0 Å². The van der Waals surface area contributed by atoms with Gasteiger partial charge in [0.15, 0.2) is 5.89 Å². The van der Waals surface area contributed by atoms with Gasteiger partial charge in [-0.15, -0.1) is 10.2 Å². The molecule has 0 amide bonds. The molecule has 2 aromatic heterocycles. The van der Waals surface area contributed by atoms with Crippen LogP contribution in [0.15, 0.2) is 34.9 Å². The number of nitrogens with one attached hydrogen (secondary N) is 1. The van der Waals surface area contributed by atoms with E-state index in [0.29, 0.717) is 11.7 Å². The molecule has 1 N–H and O–H groups in total.